The quantitative estimate of drug-likeness (QED) is 0.260. The van der Waals surface area contributed by atoms with Crippen LogP contribution in [0.4, 0.5) is 0 Å². The number of carbonyl (C=O) groups is 2. The molecule has 34 heavy (non-hydrogen) atoms. The van der Waals surface area contributed by atoms with Crippen LogP contribution in [-0.4, -0.2) is 25.2 Å². The van der Waals surface area contributed by atoms with Crippen molar-refractivity contribution in [2.45, 2.75) is 5.60 Å². The predicted octanol–water partition coefficient (Wildman–Crippen LogP) is 5.14. The normalized spacial score (nSPS) is 10.8. The molecule has 4 rings (SSSR count). The fourth-order valence-electron chi connectivity index (χ4n) is 3.74. The van der Waals surface area contributed by atoms with Gasteiger partial charge in [-0.05, 0) is 12.1 Å². The molecule has 0 heterocycles. The largest absolute Gasteiger partial charge is 0.482 e. The molecule has 170 valence electrons. The monoisotopic (exact) mass is 452 g/mol. The van der Waals surface area contributed by atoms with Crippen molar-refractivity contribution < 1.29 is 23.8 Å². The maximum Gasteiger partial charge on any atom is 0.345 e. The Bertz CT molecular complexity index is 1100. The number of hydrogen-bond donors (Lipinski definition) is 0. The molecular formula is C29H24O5. The van der Waals surface area contributed by atoms with E-state index < -0.39 is 24.1 Å². The fourth-order valence-corrected chi connectivity index (χ4v) is 3.74. The summed E-state index contributed by atoms with van der Waals surface area (Å²) in [7, 11) is 0. The molecule has 0 unspecified atom stereocenters. The molecule has 4 aromatic rings. The van der Waals surface area contributed by atoms with Gasteiger partial charge >= 0.3 is 11.9 Å². The van der Waals surface area contributed by atoms with Gasteiger partial charge < -0.3 is 14.2 Å². The van der Waals surface area contributed by atoms with E-state index in [-0.39, 0.29) is 6.61 Å². The average Bonchev–Trinajstić information content (AvgIpc) is 2.91. The molecule has 5 heteroatoms. The third kappa shape index (κ3) is 5.33. The van der Waals surface area contributed by atoms with E-state index in [1.165, 1.54) is 0 Å². The lowest BCUT2D eigenvalue weighted by atomic mass is 9.80. The van der Waals surface area contributed by atoms with E-state index in [0.29, 0.717) is 5.75 Å². The smallest absolute Gasteiger partial charge is 0.345 e. The number of esters is 2. The summed E-state index contributed by atoms with van der Waals surface area (Å²) in [5.41, 5.74) is 1.12. The number of ether oxygens (including phenoxy) is 3. The van der Waals surface area contributed by atoms with E-state index in [9.17, 15) is 9.59 Å². The summed E-state index contributed by atoms with van der Waals surface area (Å²) in [6.07, 6.45) is 0. The van der Waals surface area contributed by atoms with Crippen molar-refractivity contribution in [2.24, 2.45) is 0 Å². The average molecular weight is 453 g/mol. The summed E-state index contributed by atoms with van der Waals surface area (Å²) >= 11 is 0. The number of para-hydroxylation sites is 1. The summed E-state index contributed by atoms with van der Waals surface area (Å²) in [5, 5.41) is 0. The molecule has 0 bridgehead atoms. The molecular weight excluding hydrogens is 428 g/mol. The van der Waals surface area contributed by atoms with Gasteiger partial charge in [-0.15, -0.1) is 0 Å². The van der Waals surface area contributed by atoms with Crippen LogP contribution in [0.1, 0.15) is 16.7 Å². The molecule has 0 N–H and O–H groups in total. The molecule has 0 atom stereocenters. The highest BCUT2D eigenvalue weighted by Crippen LogP contribution is 2.40. The first-order valence-electron chi connectivity index (χ1n) is 10.9. The van der Waals surface area contributed by atoms with Crippen LogP contribution in [0.25, 0.3) is 0 Å². The van der Waals surface area contributed by atoms with Gasteiger partial charge in [0.2, 0.25) is 0 Å². The van der Waals surface area contributed by atoms with Crippen molar-refractivity contribution in [3.8, 4) is 5.75 Å². The topological polar surface area (TPSA) is 61.8 Å². The van der Waals surface area contributed by atoms with E-state index in [1.807, 2.05) is 97.1 Å². The van der Waals surface area contributed by atoms with E-state index in [0.717, 1.165) is 16.7 Å². The summed E-state index contributed by atoms with van der Waals surface area (Å²) in [5.74, 6) is -0.798. The van der Waals surface area contributed by atoms with E-state index in [2.05, 4.69) is 0 Å². The van der Waals surface area contributed by atoms with Gasteiger partial charge in [0.15, 0.2) is 18.8 Å². The molecule has 0 saturated heterocycles. The Kier molecular flexibility index (Phi) is 7.35. The Hall–Kier alpha value is -4.38. The molecule has 4 aromatic carbocycles. The number of benzene rings is 4. The van der Waals surface area contributed by atoms with Crippen molar-refractivity contribution in [1.29, 1.82) is 0 Å². The van der Waals surface area contributed by atoms with E-state index in [4.69, 9.17) is 14.2 Å². The lowest BCUT2D eigenvalue weighted by molar-refractivity contribution is -0.166. The Balaban J connectivity index is 1.56. The minimum absolute atomic E-state index is 0.307. The van der Waals surface area contributed by atoms with Crippen LogP contribution in [0, 0.1) is 0 Å². The Morgan fingerprint density at radius 1 is 0.529 bits per heavy atom. The predicted molar refractivity (Wildman–Crippen MR) is 128 cm³/mol. The van der Waals surface area contributed by atoms with Crippen molar-refractivity contribution in [3.63, 3.8) is 0 Å². The molecule has 5 nitrogen and oxygen atoms in total. The SMILES string of the molecule is O=C(COc1ccccc1)OCC(=O)OC(c1ccccc1)(c1ccccc1)c1ccccc1. The molecule has 0 aliphatic carbocycles. The summed E-state index contributed by atoms with van der Waals surface area (Å²) < 4.78 is 16.7. The number of rotatable bonds is 9. The second-order valence-corrected chi connectivity index (χ2v) is 7.52. The van der Waals surface area contributed by atoms with Gasteiger partial charge in [0.1, 0.15) is 5.75 Å². The van der Waals surface area contributed by atoms with Gasteiger partial charge in [0, 0.05) is 16.7 Å². The van der Waals surface area contributed by atoms with Crippen LogP contribution in [0.5, 0.6) is 5.75 Å². The number of carbonyl (C=O) groups excluding carboxylic acids is 2. The molecule has 0 aromatic heterocycles. The van der Waals surface area contributed by atoms with E-state index >= 15 is 0 Å². The maximum absolute atomic E-state index is 13.0. The minimum Gasteiger partial charge on any atom is -0.482 e. The van der Waals surface area contributed by atoms with Crippen molar-refractivity contribution in [1.82, 2.24) is 0 Å². The van der Waals surface area contributed by atoms with Crippen LogP contribution in [0.15, 0.2) is 121 Å². The van der Waals surface area contributed by atoms with Crippen LogP contribution < -0.4 is 4.74 Å². The number of hydrogen-bond acceptors (Lipinski definition) is 5. The van der Waals surface area contributed by atoms with Gasteiger partial charge in [-0.1, -0.05) is 109 Å². The minimum atomic E-state index is -1.21. The summed E-state index contributed by atoms with van der Waals surface area (Å²) in [6, 6.07) is 37.4. The standard InChI is InChI=1S/C29H24O5/c30-27(21-32-26-19-11-4-12-20-26)33-22-28(31)34-29(23-13-5-1-6-14-23,24-15-7-2-8-16-24)25-17-9-3-10-18-25/h1-20H,21-22H2. The first-order valence-corrected chi connectivity index (χ1v) is 10.9. The first-order chi connectivity index (χ1) is 16.7. The zero-order chi connectivity index (χ0) is 23.6. The van der Waals surface area contributed by atoms with Gasteiger partial charge in [0.05, 0.1) is 0 Å². The second kappa shape index (κ2) is 11.0. The highest BCUT2D eigenvalue weighted by molar-refractivity contribution is 5.78. The van der Waals surface area contributed by atoms with Gasteiger partial charge in [-0.3, -0.25) is 0 Å². The van der Waals surface area contributed by atoms with Crippen LogP contribution in [0.3, 0.4) is 0 Å². The second-order valence-electron chi connectivity index (χ2n) is 7.52. The molecule has 0 saturated carbocycles. The summed E-state index contributed by atoms with van der Waals surface area (Å²) in [6.45, 7) is -0.844. The summed E-state index contributed by atoms with van der Waals surface area (Å²) in [4.78, 5) is 25.2. The first kappa shape index (κ1) is 22.8. The molecule has 0 aliphatic rings. The third-order valence-electron chi connectivity index (χ3n) is 5.26. The Morgan fingerprint density at radius 2 is 0.941 bits per heavy atom. The van der Waals surface area contributed by atoms with Gasteiger partial charge in [-0.2, -0.15) is 0 Å². The Morgan fingerprint density at radius 3 is 1.38 bits per heavy atom. The fraction of sp³-hybridized carbons (Fsp3) is 0.103. The molecule has 0 aliphatic heterocycles. The molecule has 0 fully saturated rings. The van der Waals surface area contributed by atoms with Crippen molar-refractivity contribution in [3.05, 3.63) is 138 Å². The Labute approximate surface area is 198 Å². The highest BCUT2D eigenvalue weighted by Gasteiger charge is 2.40. The van der Waals surface area contributed by atoms with Crippen LogP contribution >= 0.6 is 0 Å². The zero-order valence-corrected chi connectivity index (χ0v) is 18.5. The third-order valence-corrected chi connectivity index (χ3v) is 5.26. The van der Waals surface area contributed by atoms with Crippen LogP contribution in [0.2, 0.25) is 0 Å². The van der Waals surface area contributed by atoms with Crippen LogP contribution in [-0.2, 0) is 24.7 Å². The lowest BCUT2D eigenvalue weighted by Crippen LogP contribution is -2.37. The van der Waals surface area contributed by atoms with Gasteiger partial charge in [0.25, 0.3) is 0 Å². The van der Waals surface area contributed by atoms with E-state index in [1.54, 1.807) is 24.3 Å². The van der Waals surface area contributed by atoms with Crippen molar-refractivity contribution in [2.75, 3.05) is 13.2 Å². The van der Waals surface area contributed by atoms with Gasteiger partial charge in [-0.25, -0.2) is 9.59 Å². The maximum atomic E-state index is 13.0. The molecule has 0 amide bonds. The highest BCUT2D eigenvalue weighted by atomic mass is 16.6. The zero-order valence-electron chi connectivity index (χ0n) is 18.5. The molecule has 0 spiro atoms. The van der Waals surface area contributed by atoms with Crippen molar-refractivity contribution >= 4 is 11.9 Å². The molecule has 0 radical (unpaired) electrons. The lowest BCUT2D eigenvalue weighted by Gasteiger charge is -2.35.